The Morgan fingerprint density at radius 3 is 1.68 bits per heavy atom. The lowest BCUT2D eigenvalue weighted by molar-refractivity contribution is -0.126. The number of benzene rings is 3. The van der Waals surface area contributed by atoms with Crippen LogP contribution < -0.4 is 5.32 Å². The predicted octanol–water partition coefficient (Wildman–Crippen LogP) is 2.33. The Hall–Kier alpha value is -5.02. The van der Waals surface area contributed by atoms with E-state index in [2.05, 4.69) is 5.32 Å². The van der Waals surface area contributed by atoms with Crippen LogP contribution in [0.5, 0.6) is 0 Å². The molecule has 1 aliphatic carbocycles. The molecule has 0 saturated heterocycles. The number of hydrazine groups is 1. The molecule has 1 unspecified atom stereocenters. The quantitative estimate of drug-likeness (QED) is 0.421. The first kappa shape index (κ1) is 22.2. The number of carbonyl (C=O) groups is 6. The molecule has 7 rings (SSSR count). The molecule has 0 radical (unpaired) electrons. The first-order valence-corrected chi connectivity index (χ1v) is 11.9. The third-order valence-corrected chi connectivity index (χ3v) is 7.65. The molecule has 0 saturated carbocycles. The lowest BCUT2D eigenvalue weighted by Crippen LogP contribution is -2.65. The van der Waals surface area contributed by atoms with Crippen LogP contribution in [0.3, 0.4) is 0 Å². The van der Waals surface area contributed by atoms with Crippen molar-refractivity contribution in [3.05, 3.63) is 117 Å². The Balaban J connectivity index is 1.56. The second-order valence-corrected chi connectivity index (χ2v) is 9.61. The van der Waals surface area contributed by atoms with Crippen molar-refractivity contribution in [2.45, 2.75) is 18.5 Å². The maximum atomic E-state index is 14.3. The van der Waals surface area contributed by atoms with Crippen LogP contribution in [-0.4, -0.2) is 50.8 Å². The van der Waals surface area contributed by atoms with Gasteiger partial charge in [0.2, 0.25) is 0 Å². The van der Waals surface area contributed by atoms with Gasteiger partial charge in [0.1, 0.15) is 0 Å². The van der Waals surface area contributed by atoms with Crippen LogP contribution in [0.1, 0.15) is 58.6 Å². The van der Waals surface area contributed by atoms with Gasteiger partial charge in [0.15, 0.2) is 17.1 Å². The summed E-state index contributed by atoms with van der Waals surface area (Å²) in [6, 6.07) is 17.9. The van der Waals surface area contributed by atoms with E-state index in [1.165, 1.54) is 24.3 Å². The summed E-state index contributed by atoms with van der Waals surface area (Å²) < 4.78 is 0. The Morgan fingerprint density at radius 1 is 0.658 bits per heavy atom. The first-order valence-electron chi connectivity index (χ1n) is 11.9. The first-order chi connectivity index (χ1) is 18.3. The molecule has 9 nitrogen and oxygen atoms in total. The zero-order chi connectivity index (χ0) is 26.5. The number of fused-ring (bicyclic) bond motifs is 3. The van der Waals surface area contributed by atoms with Crippen molar-refractivity contribution in [3.8, 4) is 0 Å². The lowest BCUT2D eigenvalue weighted by Gasteiger charge is -2.42. The van der Waals surface area contributed by atoms with Gasteiger partial charge < -0.3 is 0 Å². The van der Waals surface area contributed by atoms with Crippen molar-refractivity contribution in [1.82, 2.24) is 15.3 Å². The Labute approximate surface area is 215 Å². The van der Waals surface area contributed by atoms with Gasteiger partial charge in [0.25, 0.3) is 23.6 Å². The van der Waals surface area contributed by atoms with Gasteiger partial charge in [-0.25, -0.2) is 0 Å². The number of nitrogens with one attached hydrogen (secondary N) is 1. The minimum atomic E-state index is -2.42. The van der Waals surface area contributed by atoms with E-state index in [-0.39, 0.29) is 33.4 Å². The van der Waals surface area contributed by atoms with E-state index in [1.54, 1.807) is 48.5 Å². The number of carbonyl (C=O) groups excluding carboxylic acids is 6. The molecule has 4 amide bonds. The maximum absolute atomic E-state index is 14.3. The molecule has 3 aromatic carbocycles. The fourth-order valence-electron chi connectivity index (χ4n) is 6.02. The number of imide groups is 2. The minimum Gasteiger partial charge on any atom is -0.291 e. The van der Waals surface area contributed by atoms with Crippen LogP contribution in [0.15, 0.2) is 83.9 Å². The number of amides is 4. The van der Waals surface area contributed by atoms with E-state index >= 15 is 0 Å². The molecule has 0 aromatic heterocycles. The van der Waals surface area contributed by atoms with Crippen molar-refractivity contribution in [3.63, 3.8) is 0 Å². The second-order valence-electron chi connectivity index (χ2n) is 9.61. The zero-order valence-electron chi connectivity index (χ0n) is 19.8. The molecule has 1 atom stereocenters. The number of rotatable bonds is 2. The fraction of sp³-hybridized carbons (Fsp3) is 0.103. The molecular formula is C29H17N3O6. The summed E-state index contributed by atoms with van der Waals surface area (Å²) in [4.78, 5) is 82.7. The number of nitrogens with zero attached hydrogens (tertiary/aromatic N) is 2. The molecule has 9 heteroatoms. The zero-order valence-corrected chi connectivity index (χ0v) is 19.8. The van der Waals surface area contributed by atoms with E-state index in [4.69, 9.17) is 0 Å². The molecule has 3 aliphatic heterocycles. The normalized spacial score (nSPS) is 21.5. The highest BCUT2D eigenvalue weighted by molar-refractivity contribution is 6.41. The molecule has 3 aromatic rings. The van der Waals surface area contributed by atoms with Crippen LogP contribution in [0.2, 0.25) is 0 Å². The van der Waals surface area contributed by atoms with E-state index in [9.17, 15) is 28.8 Å². The van der Waals surface area contributed by atoms with E-state index in [1.807, 2.05) is 6.92 Å². The predicted molar refractivity (Wildman–Crippen MR) is 131 cm³/mol. The monoisotopic (exact) mass is 503 g/mol. The topological polar surface area (TPSA) is 121 Å². The van der Waals surface area contributed by atoms with Crippen LogP contribution >= 0.6 is 0 Å². The van der Waals surface area contributed by atoms with Crippen molar-refractivity contribution in [1.29, 1.82) is 0 Å². The molecule has 4 aliphatic rings. The molecule has 0 fully saturated rings. The number of ketones is 2. The largest absolute Gasteiger partial charge is 0.291 e. The summed E-state index contributed by atoms with van der Waals surface area (Å²) in [6.07, 6.45) is 0. The van der Waals surface area contributed by atoms with Gasteiger partial charge in [-0.3, -0.25) is 34.1 Å². The van der Waals surface area contributed by atoms with Gasteiger partial charge in [0.05, 0.1) is 28.3 Å². The average molecular weight is 503 g/mol. The van der Waals surface area contributed by atoms with Crippen molar-refractivity contribution in [2.24, 2.45) is 0 Å². The Bertz CT molecular complexity index is 1660. The fourth-order valence-corrected chi connectivity index (χ4v) is 6.02. The van der Waals surface area contributed by atoms with Gasteiger partial charge in [-0.15, -0.1) is 0 Å². The summed E-state index contributed by atoms with van der Waals surface area (Å²) in [5, 5.41) is 4.07. The number of Topliss-reactive ketones (excluding diaryl/α,β-unsaturated/α-hetero) is 2. The van der Waals surface area contributed by atoms with Gasteiger partial charge in [-0.2, -0.15) is 10.0 Å². The van der Waals surface area contributed by atoms with Gasteiger partial charge in [0, 0.05) is 11.1 Å². The van der Waals surface area contributed by atoms with Gasteiger partial charge in [-0.1, -0.05) is 66.2 Å². The molecule has 1 spiro atoms. The van der Waals surface area contributed by atoms with Crippen molar-refractivity contribution >= 4 is 35.2 Å². The summed E-state index contributed by atoms with van der Waals surface area (Å²) >= 11 is 0. The number of hydrogen-bond donors (Lipinski definition) is 1. The summed E-state index contributed by atoms with van der Waals surface area (Å²) in [5.41, 5.74) is -1.31. The van der Waals surface area contributed by atoms with E-state index in [0.717, 1.165) is 15.6 Å². The summed E-state index contributed by atoms with van der Waals surface area (Å²) in [5.74, 6) is -4.76. The minimum absolute atomic E-state index is 0.0441. The highest BCUT2D eigenvalue weighted by Crippen LogP contribution is 2.55. The molecule has 38 heavy (non-hydrogen) atoms. The summed E-state index contributed by atoms with van der Waals surface area (Å²) in [7, 11) is 0. The third-order valence-electron chi connectivity index (χ3n) is 7.65. The van der Waals surface area contributed by atoms with Crippen LogP contribution in [0.4, 0.5) is 0 Å². The van der Waals surface area contributed by atoms with Crippen molar-refractivity contribution in [2.75, 3.05) is 0 Å². The summed E-state index contributed by atoms with van der Waals surface area (Å²) in [6.45, 7) is 1.86. The lowest BCUT2D eigenvalue weighted by atomic mass is 9.85. The average Bonchev–Trinajstić information content (AvgIpc) is 3.55. The SMILES string of the molecule is Cc1ccc(C2C3=C(C(=O)NC3=O)C3(C(=O)c4ccccc4C3=O)N2N2C(=O)c3ccccc3C2=O)cc1. The molecule has 3 heterocycles. The Kier molecular flexibility index (Phi) is 4.25. The van der Waals surface area contributed by atoms with E-state index in [0.29, 0.717) is 5.56 Å². The maximum Gasteiger partial charge on any atom is 0.276 e. The van der Waals surface area contributed by atoms with E-state index < -0.39 is 46.8 Å². The van der Waals surface area contributed by atoms with Crippen LogP contribution in [0, 0.1) is 6.92 Å². The van der Waals surface area contributed by atoms with Crippen LogP contribution in [-0.2, 0) is 9.59 Å². The molecule has 0 bridgehead atoms. The smallest absolute Gasteiger partial charge is 0.276 e. The van der Waals surface area contributed by atoms with Gasteiger partial charge >= 0.3 is 0 Å². The highest BCUT2D eigenvalue weighted by atomic mass is 16.2. The highest BCUT2D eigenvalue weighted by Gasteiger charge is 2.72. The Morgan fingerprint density at radius 2 is 1.16 bits per heavy atom. The van der Waals surface area contributed by atoms with Crippen molar-refractivity contribution < 1.29 is 28.8 Å². The molecule has 184 valence electrons. The molecule has 1 N–H and O–H groups in total. The standard InChI is InChI=1S/C29H17N3O6/c1-14-10-12-15(13-11-14)22-20-21(26(36)30-25(20)35)29(23(33)16-6-2-3-7-17(16)24(29)34)32(22)31-27(37)18-8-4-5-9-19(18)28(31)38/h2-13,22H,1H3,(H,30,35,36). The van der Waals surface area contributed by atoms with Crippen LogP contribution in [0.25, 0.3) is 0 Å². The second kappa shape index (κ2) is 7.27. The third kappa shape index (κ3) is 2.43. The number of aryl methyl sites for hydroxylation is 1. The molecular weight excluding hydrogens is 486 g/mol. The number of hydrogen-bond acceptors (Lipinski definition) is 7. The van der Waals surface area contributed by atoms with Gasteiger partial charge in [-0.05, 0) is 24.6 Å².